The minimum atomic E-state index is -0.173. The van der Waals surface area contributed by atoms with E-state index in [1.54, 1.807) is 6.07 Å². The number of nitrogens with one attached hydrogen (secondary N) is 1. The summed E-state index contributed by atoms with van der Waals surface area (Å²) in [4.78, 5) is 12.6. The molecule has 1 amide bonds. The molecule has 0 fully saturated rings. The van der Waals surface area contributed by atoms with E-state index in [2.05, 4.69) is 12.2 Å². The predicted octanol–water partition coefficient (Wildman–Crippen LogP) is 5.08. The van der Waals surface area contributed by atoms with Crippen LogP contribution in [0.1, 0.15) is 28.4 Å². The third-order valence-corrected chi connectivity index (χ3v) is 3.99. The Morgan fingerprint density at radius 3 is 2.24 bits per heavy atom. The number of para-hydroxylation sites is 1. The van der Waals surface area contributed by atoms with E-state index >= 15 is 0 Å². The highest BCUT2D eigenvalue weighted by atomic mass is 16.5. The lowest BCUT2D eigenvalue weighted by atomic mass is 10.1. The first-order valence-electron chi connectivity index (χ1n) is 8.42. The maximum absolute atomic E-state index is 12.6. The molecule has 1 N–H and O–H groups in total. The zero-order chi connectivity index (χ0) is 17.5. The van der Waals surface area contributed by atoms with Crippen LogP contribution in [0.2, 0.25) is 0 Å². The fourth-order valence-electron chi connectivity index (χ4n) is 2.54. The van der Waals surface area contributed by atoms with Crippen molar-refractivity contribution in [3.05, 3.63) is 95.6 Å². The molecule has 0 bridgehead atoms. The molecule has 3 nitrogen and oxygen atoms in total. The summed E-state index contributed by atoms with van der Waals surface area (Å²) in [6.45, 7) is 2.53. The lowest BCUT2D eigenvalue weighted by Gasteiger charge is -2.12. The Bertz CT molecular complexity index is 826. The van der Waals surface area contributed by atoms with Gasteiger partial charge >= 0.3 is 0 Å². The second-order valence-corrected chi connectivity index (χ2v) is 5.78. The van der Waals surface area contributed by atoms with Crippen molar-refractivity contribution in [3.8, 4) is 5.75 Å². The van der Waals surface area contributed by atoms with Crippen molar-refractivity contribution in [1.29, 1.82) is 0 Å². The molecule has 3 heteroatoms. The molecule has 0 saturated carbocycles. The number of hydrogen-bond donors (Lipinski definition) is 1. The van der Waals surface area contributed by atoms with Gasteiger partial charge in [0, 0.05) is 5.69 Å². The number of ether oxygens (including phenoxy) is 1. The number of rotatable bonds is 6. The molecule has 0 aromatic heterocycles. The molecule has 0 atom stereocenters. The van der Waals surface area contributed by atoms with E-state index in [0.29, 0.717) is 17.9 Å². The van der Waals surface area contributed by atoms with Crippen molar-refractivity contribution in [3.63, 3.8) is 0 Å². The van der Waals surface area contributed by atoms with Crippen molar-refractivity contribution in [2.45, 2.75) is 20.0 Å². The average molecular weight is 331 g/mol. The van der Waals surface area contributed by atoms with Gasteiger partial charge in [-0.3, -0.25) is 4.79 Å². The summed E-state index contributed by atoms with van der Waals surface area (Å²) >= 11 is 0. The number of anilines is 1. The summed E-state index contributed by atoms with van der Waals surface area (Å²) in [6.07, 6.45) is 0.977. The summed E-state index contributed by atoms with van der Waals surface area (Å²) in [5.41, 5.74) is 3.61. The molecule has 0 radical (unpaired) electrons. The molecule has 0 aliphatic carbocycles. The number of hydrogen-bond acceptors (Lipinski definition) is 2. The van der Waals surface area contributed by atoms with Crippen LogP contribution < -0.4 is 10.1 Å². The van der Waals surface area contributed by atoms with Crippen LogP contribution in [0.25, 0.3) is 0 Å². The smallest absolute Gasteiger partial charge is 0.259 e. The highest BCUT2D eigenvalue weighted by Crippen LogP contribution is 2.21. The van der Waals surface area contributed by atoms with Gasteiger partial charge in [-0.25, -0.2) is 0 Å². The van der Waals surface area contributed by atoms with Gasteiger partial charge in [0.2, 0.25) is 0 Å². The SMILES string of the molecule is CCc1ccc(NC(=O)c2ccccc2OCc2ccccc2)cc1. The standard InChI is InChI=1S/C22H21NO2/c1-2-17-12-14-19(15-13-17)23-22(24)20-10-6-7-11-21(20)25-16-18-8-4-3-5-9-18/h3-15H,2,16H2,1H3,(H,23,24). The lowest BCUT2D eigenvalue weighted by molar-refractivity contribution is 0.102. The quantitative estimate of drug-likeness (QED) is 0.684. The van der Waals surface area contributed by atoms with E-state index in [9.17, 15) is 4.79 Å². The van der Waals surface area contributed by atoms with E-state index in [1.807, 2.05) is 72.8 Å². The second kappa shape index (κ2) is 8.15. The first kappa shape index (κ1) is 16.8. The normalized spacial score (nSPS) is 10.3. The van der Waals surface area contributed by atoms with Crippen LogP contribution in [0.4, 0.5) is 5.69 Å². The molecular formula is C22H21NO2. The zero-order valence-corrected chi connectivity index (χ0v) is 14.2. The van der Waals surface area contributed by atoms with Crippen LogP contribution in [0.3, 0.4) is 0 Å². The molecular weight excluding hydrogens is 310 g/mol. The van der Waals surface area contributed by atoms with Gasteiger partial charge in [-0.2, -0.15) is 0 Å². The summed E-state index contributed by atoms with van der Waals surface area (Å²) in [7, 11) is 0. The minimum absolute atomic E-state index is 0.173. The summed E-state index contributed by atoms with van der Waals surface area (Å²) in [6, 6.07) is 25.1. The largest absolute Gasteiger partial charge is 0.488 e. The zero-order valence-electron chi connectivity index (χ0n) is 14.2. The maximum Gasteiger partial charge on any atom is 0.259 e. The van der Waals surface area contributed by atoms with Gasteiger partial charge in [0.1, 0.15) is 12.4 Å². The molecule has 0 aliphatic heterocycles. The minimum Gasteiger partial charge on any atom is -0.488 e. The second-order valence-electron chi connectivity index (χ2n) is 5.78. The number of amides is 1. The van der Waals surface area contributed by atoms with Crippen LogP contribution in [-0.2, 0) is 13.0 Å². The fourth-order valence-corrected chi connectivity index (χ4v) is 2.54. The summed E-state index contributed by atoms with van der Waals surface area (Å²) in [5.74, 6) is 0.405. The van der Waals surface area contributed by atoms with Crippen LogP contribution in [0.15, 0.2) is 78.9 Å². The van der Waals surface area contributed by atoms with E-state index in [4.69, 9.17) is 4.74 Å². The molecule has 126 valence electrons. The van der Waals surface area contributed by atoms with E-state index in [1.165, 1.54) is 5.56 Å². The molecule has 3 aromatic rings. The van der Waals surface area contributed by atoms with Gasteiger partial charge in [-0.1, -0.05) is 61.5 Å². The molecule has 3 rings (SSSR count). The topological polar surface area (TPSA) is 38.3 Å². The molecule has 25 heavy (non-hydrogen) atoms. The maximum atomic E-state index is 12.6. The number of aryl methyl sites for hydroxylation is 1. The molecule has 0 saturated heterocycles. The Labute approximate surface area is 148 Å². The number of benzene rings is 3. The van der Waals surface area contributed by atoms with Gasteiger partial charge in [-0.15, -0.1) is 0 Å². The first-order valence-corrected chi connectivity index (χ1v) is 8.42. The Morgan fingerprint density at radius 2 is 1.52 bits per heavy atom. The highest BCUT2D eigenvalue weighted by molar-refractivity contribution is 6.06. The first-order chi connectivity index (χ1) is 12.3. The third kappa shape index (κ3) is 4.48. The van der Waals surface area contributed by atoms with Gasteiger partial charge < -0.3 is 10.1 Å². The molecule has 0 unspecified atom stereocenters. The number of carbonyl (C=O) groups excluding carboxylic acids is 1. The molecule has 0 spiro atoms. The monoisotopic (exact) mass is 331 g/mol. The van der Waals surface area contributed by atoms with Crippen molar-refractivity contribution < 1.29 is 9.53 Å². The van der Waals surface area contributed by atoms with Crippen molar-refractivity contribution in [1.82, 2.24) is 0 Å². The van der Waals surface area contributed by atoms with E-state index in [-0.39, 0.29) is 5.91 Å². The van der Waals surface area contributed by atoms with Crippen molar-refractivity contribution in [2.24, 2.45) is 0 Å². The van der Waals surface area contributed by atoms with Crippen LogP contribution >= 0.6 is 0 Å². The molecule has 3 aromatic carbocycles. The lowest BCUT2D eigenvalue weighted by Crippen LogP contribution is -2.13. The predicted molar refractivity (Wildman–Crippen MR) is 101 cm³/mol. The number of carbonyl (C=O) groups is 1. The third-order valence-electron chi connectivity index (χ3n) is 3.99. The van der Waals surface area contributed by atoms with Gasteiger partial charge in [0.05, 0.1) is 5.56 Å². The van der Waals surface area contributed by atoms with E-state index < -0.39 is 0 Å². The van der Waals surface area contributed by atoms with Crippen molar-refractivity contribution >= 4 is 11.6 Å². The average Bonchev–Trinajstić information content (AvgIpc) is 2.68. The Morgan fingerprint density at radius 1 is 0.840 bits per heavy atom. The summed E-state index contributed by atoms with van der Waals surface area (Å²) in [5, 5.41) is 2.93. The molecule has 0 heterocycles. The van der Waals surface area contributed by atoms with Gasteiger partial charge in [0.15, 0.2) is 0 Å². The Kier molecular flexibility index (Phi) is 5.47. The van der Waals surface area contributed by atoms with Gasteiger partial charge in [0.25, 0.3) is 5.91 Å². The van der Waals surface area contributed by atoms with Gasteiger partial charge in [-0.05, 0) is 41.8 Å². The highest BCUT2D eigenvalue weighted by Gasteiger charge is 2.12. The van der Waals surface area contributed by atoms with Crippen LogP contribution in [0, 0.1) is 0 Å². The van der Waals surface area contributed by atoms with Crippen molar-refractivity contribution in [2.75, 3.05) is 5.32 Å². The van der Waals surface area contributed by atoms with E-state index in [0.717, 1.165) is 17.7 Å². The van der Waals surface area contributed by atoms with Crippen LogP contribution in [-0.4, -0.2) is 5.91 Å². The fraction of sp³-hybridized carbons (Fsp3) is 0.136. The summed E-state index contributed by atoms with van der Waals surface area (Å²) < 4.78 is 5.86. The Hall–Kier alpha value is -3.07. The molecule has 0 aliphatic rings. The van der Waals surface area contributed by atoms with Crippen LogP contribution in [0.5, 0.6) is 5.75 Å². The Balaban J connectivity index is 1.71.